The third kappa shape index (κ3) is 1.99. The number of carboxylic acids is 1. The van der Waals surface area contributed by atoms with Crippen molar-refractivity contribution in [3.63, 3.8) is 0 Å². The van der Waals surface area contributed by atoms with Gasteiger partial charge in [-0.2, -0.15) is 0 Å². The van der Waals surface area contributed by atoms with Crippen LogP contribution < -0.4 is 4.74 Å². The zero-order chi connectivity index (χ0) is 12.6. The van der Waals surface area contributed by atoms with Crippen molar-refractivity contribution in [2.24, 2.45) is 0 Å². The average molecular weight is 245 g/mol. The number of nitrogens with zero attached hydrogens (tertiary/aromatic N) is 1. The number of ether oxygens (including phenoxy) is 1. The van der Waals surface area contributed by atoms with Crippen LogP contribution in [0.1, 0.15) is 12.0 Å². The van der Waals surface area contributed by atoms with Gasteiger partial charge in [-0.15, -0.1) is 0 Å². The van der Waals surface area contributed by atoms with E-state index < -0.39 is 5.97 Å². The average Bonchev–Trinajstić information content (AvgIpc) is 2.71. The maximum Gasteiger partial charge on any atom is 0.317 e. The Balaban J connectivity index is 1.78. The number of rotatable bonds is 2. The molecule has 18 heavy (non-hydrogen) atoms. The van der Waals surface area contributed by atoms with Gasteiger partial charge in [0.2, 0.25) is 0 Å². The maximum atomic E-state index is 10.7. The number of hydrogen-bond donors (Lipinski definition) is 1. The Kier molecular flexibility index (Phi) is 2.59. The SMILES string of the molecule is O=C(O)CN1CCC2(C=Cc3ccccc3O2)C1. The second kappa shape index (κ2) is 4.14. The molecule has 94 valence electrons. The highest BCUT2D eigenvalue weighted by molar-refractivity contribution is 5.69. The Morgan fingerprint density at radius 1 is 1.44 bits per heavy atom. The number of benzene rings is 1. The van der Waals surface area contributed by atoms with Crippen LogP contribution in [0.4, 0.5) is 0 Å². The van der Waals surface area contributed by atoms with Gasteiger partial charge < -0.3 is 9.84 Å². The highest BCUT2D eigenvalue weighted by Crippen LogP contribution is 2.36. The molecule has 4 heteroatoms. The fraction of sp³-hybridized carbons (Fsp3) is 0.357. The smallest absolute Gasteiger partial charge is 0.317 e. The first-order valence-electron chi connectivity index (χ1n) is 6.08. The number of carbonyl (C=O) groups is 1. The molecule has 1 N–H and O–H groups in total. The third-order valence-corrected chi connectivity index (χ3v) is 3.50. The molecule has 4 nitrogen and oxygen atoms in total. The minimum Gasteiger partial charge on any atom is -0.481 e. The first-order valence-corrected chi connectivity index (χ1v) is 6.08. The summed E-state index contributed by atoms with van der Waals surface area (Å²) >= 11 is 0. The molecule has 1 aromatic rings. The lowest BCUT2D eigenvalue weighted by Gasteiger charge is -2.31. The minimum absolute atomic E-state index is 0.0839. The number of fused-ring (bicyclic) bond motifs is 1. The van der Waals surface area contributed by atoms with E-state index >= 15 is 0 Å². The number of aliphatic carboxylic acids is 1. The predicted molar refractivity (Wildman–Crippen MR) is 67.5 cm³/mol. The van der Waals surface area contributed by atoms with Gasteiger partial charge in [-0.05, 0) is 12.1 Å². The van der Waals surface area contributed by atoms with Crippen LogP contribution in [0.15, 0.2) is 30.3 Å². The molecule has 1 spiro atoms. The predicted octanol–water partition coefficient (Wildman–Crippen LogP) is 1.62. The molecule has 3 rings (SSSR count). The van der Waals surface area contributed by atoms with E-state index in [2.05, 4.69) is 12.2 Å². The number of likely N-dealkylation sites (tertiary alicyclic amines) is 1. The fourth-order valence-electron chi connectivity index (χ4n) is 2.64. The Morgan fingerprint density at radius 2 is 2.28 bits per heavy atom. The van der Waals surface area contributed by atoms with Crippen molar-refractivity contribution in [1.82, 2.24) is 4.90 Å². The molecule has 1 saturated heterocycles. The van der Waals surface area contributed by atoms with Crippen LogP contribution in [-0.4, -0.2) is 41.2 Å². The highest BCUT2D eigenvalue weighted by atomic mass is 16.5. The summed E-state index contributed by atoms with van der Waals surface area (Å²) in [5.41, 5.74) is 0.740. The van der Waals surface area contributed by atoms with Gasteiger partial charge in [-0.3, -0.25) is 9.69 Å². The molecule has 1 unspecified atom stereocenters. The maximum absolute atomic E-state index is 10.7. The number of para-hydroxylation sites is 1. The van der Waals surface area contributed by atoms with Gasteiger partial charge >= 0.3 is 5.97 Å². The Hall–Kier alpha value is -1.81. The normalized spacial score (nSPS) is 26.0. The van der Waals surface area contributed by atoms with Crippen molar-refractivity contribution < 1.29 is 14.6 Å². The van der Waals surface area contributed by atoms with Gasteiger partial charge in [-0.25, -0.2) is 0 Å². The van der Waals surface area contributed by atoms with E-state index in [1.165, 1.54) is 0 Å². The summed E-state index contributed by atoms with van der Waals surface area (Å²) in [5.74, 6) is 0.101. The van der Waals surface area contributed by atoms with Crippen molar-refractivity contribution in [2.75, 3.05) is 19.6 Å². The molecule has 2 aliphatic heterocycles. The molecule has 2 heterocycles. The van der Waals surface area contributed by atoms with Crippen molar-refractivity contribution in [3.05, 3.63) is 35.9 Å². The molecular formula is C14H15NO3. The minimum atomic E-state index is -0.785. The third-order valence-electron chi connectivity index (χ3n) is 3.50. The van der Waals surface area contributed by atoms with Crippen molar-refractivity contribution in [2.45, 2.75) is 12.0 Å². The summed E-state index contributed by atoms with van der Waals surface area (Å²) < 4.78 is 6.07. The van der Waals surface area contributed by atoms with Crippen molar-refractivity contribution >= 4 is 12.0 Å². The van der Waals surface area contributed by atoms with Crippen LogP contribution in [0.5, 0.6) is 5.75 Å². The van der Waals surface area contributed by atoms with Crippen LogP contribution in [0.25, 0.3) is 6.08 Å². The van der Waals surface area contributed by atoms with Gasteiger partial charge in [0, 0.05) is 25.1 Å². The van der Waals surface area contributed by atoms with Gasteiger partial charge in [-0.1, -0.05) is 24.3 Å². The highest BCUT2D eigenvalue weighted by Gasteiger charge is 2.40. The molecule has 0 aromatic heterocycles. The Bertz CT molecular complexity index is 512. The quantitative estimate of drug-likeness (QED) is 0.860. The van der Waals surface area contributed by atoms with E-state index in [1.807, 2.05) is 29.2 Å². The number of carboxylic acid groups (broad SMARTS) is 1. The summed E-state index contributed by atoms with van der Waals surface area (Å²) in [6.45, 7) is 1.49. The van der Waals surface area contributed by atoms with Gasteiger partial charge in [0.1, 0.15) is 11.4 Å². The lowest BCUT2D eigenvalue weighted by atomic mass is 9.97. The van der Waals surface area contributed by atoms with E-state index in [-0.39, 0.29) is 12.1 Å². The van der Waals surface area contributed by atoms with E-state index in [1.54, 1.807) is 0 Å². The van der Waals surface area contributed by atoms with Gasteiger partial charge in [0.05, 0.1) is 6.54 Å². The summed E-state index contributed by atoms with van der Waals surface area (Å²) in [7, 11) is 0. The molecule has 0 bridgehead atoms. The molecule has 1 atom stereocenters. The van der Waals surface area contributed by atoms with E-state index in [9.17, 15) is 4.79 Å². The first kappa shape index (κ1) is 11.3. The Labute approximate surface area is 105 Å². The van der Waals surface area contributed by atoms with E-state index in [4.69, 9.17) is 9.84 Å². The van der Waals surface area contributed by atoms with Crippen LogP contribution in [0.2, 0.25) is 0 Å². The molecule has 0 aliphatic carbocycles. The fourth-order valence-corrected chi connectivity index (χ4v) is 2.64. The van der Waals surface area contributed by atoms with Crippen LogP contribution in [0.3, 0.4) is 0 Å². The molecule has 0 saturated carbocycles. The largest absolute Gasteiger partial charge is 0.481 e. The summed E-state index contributed by atoms with van der Waals surface area (Å²) in [6, 6.07) is 7.91. The van der Waals surface area contributed by atoms with Crippen LogP contribution in [0, 0.1) is 0 Å². The second-order valence-corrected chi connectivity index (χ2v) is 4.89. The topological polar surface area (TPSA) is 49.8 Å². The van der Waals surface area contributed by atoms with Gasteiger partial charge in [0.15, 0.2) is 0 Å². The molecule has 0 radical (unpaired) electrons. The standard InChI is InChI=1S/C14H15NO3/c16-13(17)9-15-8-7-14(10-15)6-5-11-3-1-2-4-12(11)18-14/h1-6H,7-10H2,(H,16,17). The van der Waals surface area contributed by atoms with E-state index in [0.29, 0.717) is 6.54 Å². The summed E-state index contributed by atoms with van der Waals surface area (Å²) in [5, 5.41) is 8.82. The lowest BCUT2D eigenvalue weighted by Crippen LogP contribution is -2.39. The van der Waals surface area contributed by atoms with Crippen molar-refractivity contribution in [3.8, 4) is 5.75 Å². The van der Waals surface area contributed by atoms with E-state index in [0.717, 1.165) is 24.3 Å². The van der Waals surface area contributed by atoms with Gasteiger partial charge in [0.25, 0.3) is 0 Å². The van der Waals surface area contributed by atoms with Crippen molar-refractivity contribution in [1.29, 1.82) is 0 Å². The molecule has 0 amide bonds. The second-order valence-electron chi connectivity index (χ2n) is 4.89. The number of hydrogen-bond acceptors (Lipinski definition) is 3. The lowest BCUT2D eigenvalue weighted by molar-refractivity contribution is -0.138. The Morgan fingerprint density at radius 3 is 3.11 bits per heavy atom. The monoisotopic (exact) mass is 245 g/mol. The zero-order valence-corrected chi connectivity index (χ0v) is 10.0. The van der Waals surface area contributed by atoms with Crippen LogP contribution >= 0.6 is 0 Å². The zero-order valence-electron chi connectivity index (χ0n) is 10.0. The van der Waals surface area contributed by atoms with Crippen LogP contribution in [-0.2, 0) is 4.79 Å². The summed E-state index contributed by atoms with van der Waals surface area (Å²) in [4.78, 5) is 12.6. The molecule has 2 aliphatic rings. The molecular weight excluding hydrogens is 230 g/mol. The molecule has 1 fully saturated rings. The summed E-state index contributed by atoms with van der Waals surface area (Å²) in [6.07, 6.45) is 4.98. The molecule has 1 aromatic carbocycles. The first-order chi connectivity index (χ1) is 8.67.